The van der Waals surface area contributed by atoms with E-state index in [9.17, 15) is 32.9 Å². The van der Waals surface area contributed by atoms with Gasteiger partial charge in [-0.1, -0.05) is 0 Å². The Morgan fingerprint density at radius 3 is 2.33 bits per heavy atom. The molecule has 3 rings (SSSR count). The smallest absolute Gasteiger partial charge is 0.416 e. The van der Waals surface area contributed by atoms with Crippen LogP contribution in [0.2, 0.25) is 0 Å². The lowest BCUT2D eigenvalue weighted by atomic mass is 9.94. The molecule has 0 spiro atoms. The second-order valence-corrected chi connectivity index (χ2v) is 8.19. The van der Waals surface area contributed by atoms with Gasteiger partial charge in [0.05, 0.1) is 17.1 Å². The molecule has 12 heteroatoms. The van der Waals surface area contributed by atoms with E-state index in [4.69, 9.17) is 4.74 Å². The highest BCUT2D eigenvalue weighted by molar-refractivity contribution is 5.79. The third-order valence-corrected chi connectivity index (χ3v) is 6.07. The predicted molar refractivity (Wildman–Crippen MR) is 113 cm³/mol. The Kier molecular flexibility index (Phi) is 7.65. The molecule has 1 aromatic carbocycles. The maximum Gasteiger partial charge on any atom is 0.416 e. The third kappa shape index (κ3) is 6.05. The Morgan fingerprint density at radius 2 is 1.79 bits per heavy atom. The minimum absolute atomic E-state index is 0.0443. The summed E-state index contributed by atoms with van der Waals surface area (Å²) >= 11 is 0. The number of nitro benzene ring substituents is 1. The van der Waals surface area contributed by atoms with Crippen LogP contribution in [0.1, 0.15) is 38.2 Å². The van der Waals surface area contributed by atoms with Crippen molar-refractivity contribution < 1.29 is 32.4 Å². The average Bonchev–Trinajstić information content (AvgIpc) is 2.78. The summed E-state index contributed by atoms with van der Waals surface area (Å²) in [5.41, 5.74) is -1.54. The zero-order chi connectivity index (χ0) is 24.2. The van der Waals surface area contributed by atoms with Crippen LogP contribution in [-0.2, 0) is 15.7 Å². The van der Waals surface area contributed by atoms with Crippen LogP contribution in [0.15, 0.2) is 18.2 Å². The van der Waals surface area contributed by atoms with Crippen molar-refractivity contribution in [3.05, 3.63) is 33.9 Å². The first-order chi connectivity index (χ1) is 15.6. The van der Waals surface area contributed by atoms with Crippen molar-refractivity contribution in [1.82, 2.24) is 10.2 Å². The number of amides is 2. The number of nitrogens with one attached hydrogen (secondary N) is 1. The SMILES string of the molecule is CCOC(=O)N1CCC(NC(=O)C2CCN(c3ccc(C(F)(F)F)cc3[N+](=O)[O-])CC2)CC1. The number of hydrogen-bond donors (Lipinski definition) is 1. The fourth-order valence-corrected chi connectivity index (χ4v) is 4.24. The minimum atomic E-state index is -4.67. The zero-order valence-electron chi connectivity index (χ0n) is 18.3. The molecule has 1 aromatic rings. The first-order valence-corrected chi connectivity index (χ1v) is 10.9. The Labute approximate surface area is 189 Å². The number of nitro groups is 1. The fourth-order valence-electron chi connectivity index (χ4n) is 4.24. The van der Waals surface area contributed by atoms with Crippen molar-refractivity contribution in [2.24, 2.45) is 5.92 Å². The van der Waals surface area contributed by atoms with E-state index in [0.29, 0.717) is 64.5 Å². The summed E-state index contributed by atoms with van der Waals surface area (Å²) in [7, 11) is 0. The molecule has 2 saturated heterocycles. The van der Waals surface area contributed by atoms with Crippen LogP contribution in [-0.4, -0.2) is 60.7 Å². The molecule has 182 valence electrons. The molecule has 2 amide bonds. The van der Waals surface area contributed by atoms with Gasteiger partial charge < -0.3 is 19.9 Å². The topological polar surface area (TPSA) is 105 Å². The van der Waals surface area contributed by atoms with E-state index in [-0.39, 0.29) is 29.6 Å². The third-order valence-electron chi connectivity index (χ3n) is 6.07. The van der Waals surface area contributed by atoms with Gasteiger partial charge in [0.15, 0.2) is 0 Å². The van der Waals surface area contributed by atoms with E-state index < -0.39 is 22.4 Å². The molecule has 1 N–H and O–H groups in total. The van der Waals surface area contributed by atoms with Gasteiger partial charge in [-0.3, -0.25) is 14.9 Å². The summed E-state index contributed by atoms with van der Waals surface area (Å²) < 4.78 is 43.8. The second-order valence-electron chi connectivity index (χ2n) is 8.19. The number of nitrogens with zero attached hydrogens (tertiary/aromatic N) is 3. The number of carbonyl (C=O) groups is 2. The van der Waals surface area contributed by atoms with Gasteiger partial charge in [-0.25, -0.2) is 4.79 Å². The largest absolute Gasteiger partial charge is 0.450 e. The predicted octanol–water partition coefficient (Wildman–Crippen LogP) is 3.57. The maximum absolute atomic E-state index is 12.9. The van der Waals surface area contributed by atoms with Crippen LogP contribution in [0.3, 0.4) is 0 Å². The summed E-state index contributed by atoms with van der Waals surface area (Å²) in [6, 6.07) is 2.47. The van der Waals surface area contributed by atoms with E-state index in [2.05, 4.69) is 5.32 Å². The Bertz CT molecular complexity index is 879. The van der Waals surface area contributed by atoms with Crippen LogP contribution in [0.25, 0.3) is 0 Å². The number of alkyl halides is 3. The van der Waals surface area contributed by atoms with Crippen LogP contribution in [0.5, 0.6) is 0 Å². The van der Waals surface area contributed by atoms with Crippen molar-refractivity contribution >= 4 is 23.4 Å². The molecular weight excluding hydrogens is 445 g/mol. The van der Waals surface area contributed by atoms with Gasteiger partial charge in [-0.15, -0.1) is 0 Å². The van der Waals surface area contributed by atoms with E-state index in [0.717, 1.165) is 12.1 Å². The maximum atomic E-state index is 12.9. The zero-order valence-corrected chi connectivity index (χ0v) is 18.3. The van der Waals surface area contributed by atoms with Crippen LogP contribution < -0.4 is 10.2 Å². The number of anilines is 1. The van der Waals surface area contributed by atoms with Gasteiger partial charge in [-0.2, -0.15) is 13.2 Å². The fraction of sp³-hybridized carbons (Fsp3) is 0.619. The lowest BCUT2D eigenvalue weighted by molar-refractivity contribution is -0.384. The highest BCUT2D eigenvalue weighted by Crippen LogP contribution is 2.37. The van der Waals surface area contributed by atoms with E-state index in [1.807, 2.05) is 0 Å². The number of carbonyl (C=O) groups excluding carboxylic acids is 2. The molecule has 2 fully saturated rings. The second kappa shape index (κ2) is 10.3. The highest BCUT2D eigenvalue weighted by atomic mass is 19.4. The Balaban J connectivity index is 1.53. The van der Waals surface area contributed by atoms with Gasteiger partial charge in [-0.05, 0) is 44.7 Å². The number of likely N-dealkylation sites (tertiary alicyclic amines) is 1. The number of benzene rings is 1. The normalized spacial score (nSPS) is 18.2. The highest BCUT2D eigenvalue weighted by Gasteiger charge is 2.35. The molecule has 0 bridgehead atoms. The first kappa shape index (κ1) is 24.6. The number of ether oxygens (including phenoxy) is 1. The molecule has 0 atom stereocenters. The number of piperidine rings is 2. The van der Waals surface area contributed by atoms with Crippen molar-refractivity contribution in [2.75, 3.05) is 37.7 Å². The number of hydrogen-bond acceptors (Lipinski definition) is 6. The monoisotopic (exact) mass is 472 g/mol. The quantitative estimate of drug-likeness (QED) is 0.519. The van der Waals surface area contributed by atoms with Crippen molar-refractivity contribution in [1.29, 1.82) is 0 Å². The molecule has 0 unspecified atom stereocenters. The molecule has 9 nitrogen and oxygen atoms in total. The van der Waals surface area contributed by atoms with E-state index in [1.54, 1.807) is 16.7 Å². The van der Waals surface area contributed by atoms with Gasteiger partial charge in [0, 0.05) is 44.2 Å². The molecule has 33 heavy (non-hydrogen) atoms. The van der Waals surface area contributed by atoms with Crippen molar-refractivity contribution in [3.63, 3.8) is 0 Å². The van der Waals surface area contributed by atoms with Gasteiger partial charge in [0.2, 0.25) is 5.91 Å². The number of rotatable bonds is 5. The molecule has 2 aliphatic heterocycles. The molecule has 2 heterocycles. The Morgan fingerprint density at radius 1 is 1.15 bits per heavy atom. The van der Waals surface area contributed by atoms with Gasteiger partial charge in [0.1, 0.15) is 5.69 Å². The summed E-state index contributed by atoms with van der Waals surface area (Å²) in [6.07, 6.45) is -2.90. The average molecular weight is 472 g/mol. The molecule has 0 aliphatic carbocycles. The molecule has 2 aliphatic rings. The molecular formula is C21H27F3N4O5. The lowest BCUT2D eigenvalue weighted by Gasteiger charge is -2.35. The van der Waals surface area contributed by atoms with Gasteiger partial charge in [0.25, 0.3) is 5.69 Å². The van der Waals surface area contributed by atoms with Gasteiger partial charge >= 0.3 is 12.3 Å². The van der Waals surface area contributed by atoms with Crippen molar-refractivity contribution in [2.45, 2.75) is 44.8 Å². The van der Waals surface area contributed by atoms with Crippen LogP contribution in [0.4, 0.5) is 29.3 Å². The van der Waals surface area contributed by atoms with E-state index >= 15 is 0 Å². The number of halogens is 3. The molecule has 0 aromatic heterocycles. The first-order valence-electron chi connectivity index (χ1n) is 10.9. The van der Waals surface area contributed by atoms with E-state index in [1.165, 1.54) is 0 Å². The lowest BCUT2D eigenvalue weighted by Crippen LogP contribution is -2.49. The summed E-state index contributed by atoms with van der Waals surface area (Å²) in [5.74, 6) is -0.385. The minimum Gasteiger partial charge on any atom is -0.450 e. The summed E-state index contributed by atoms with van der Waals surface area (Å²) in [5, 5.41) is 14.4. The van der Waals surface area contributed by atoms with Crippen molar-refractivity contribution in [3.8, 4) is 0 Å². The van der Waals surface area contributed by atoms with Crippen LogP contribution in [0, 0.1) is 16.0 Å². The van der Waals surface area contributed by atoms with Crippen LogP contribution >= 0.6 is 0 Å². The molecule has 0 saturated carbocycles. The Hall–Kier alpha value is -3.05. The summed E-state index contributed by atoms with van der Waals surface area (Å²) in [6.45, 7) is 3.70. The standard InChI is InChI=1S/C21H27F3N4O5/c1-2-33-20(30)27-11-7-16(8-12-27)25-19(29)14-5-9-26(10-6-14)17-4-3-15(21(22,23)24)13-18(17)28(31)32/h3-4,13-14,16H,2,5-12H2,1H3,(H,25,29). The summed E-state index contributed by atoms with van der Waals surface area (Å²) in [4.78, 5) is 38.3. The molecule has 0 radical (unpaired) electrons.